The van der Waals surface area contributed by atoms with Crippen molar-refractivity contribution in [3.05, 3.63) is 29.1 Å². The molecule has 1 aromatic rings. The summed E-state index contributed by atoms with van der Waals surface area (Å²) < 4.78 is 4.53. The van der Waals surface area contributed by atoms with Crippen molar-refractivity contribution in [2.24, 2.45) is 0 Å². The lowest BCUT2D eigenvalue weighted by atomic mass is 10.2. The van der Waals surface area contributed by atoms with Gasteiger partial charge in [-0.15, -0.1) is 0 Å². The van der Waals surface area contributed by atoms with Gasteiger partial charge in [-0.1, -0.05) is 0 Å². The van der Waals surface area contributed by atoms with Gasteiger partial charge in [-0.2, -0.15) is 0 Å². The predicted molar refractivity (Wildman–Crippen MR) is 53.7 cm³/mol. The Kier molecular flexibility index (Phi) is 3.38. The topological polar surface area (TPSA) is 68.3 Å². The zero-order valence-corrected chi connectivity index (χ0v) is 8.83. The van der Waals surface area contributed by atoms with Crippen LogP contribution in [0.2, 0.25) is 0 Å². The van der Waals surface area contributed by atoms with Crippen molar-refractivity contribution in [1.29, 1.82) is 0 Å². The van der Waals surface area contributed by atoms with Crippen molar-refractivity contribution >= 4 is 11.9 Å². The molecule has 1 amide bonds. The molecular formula is C10H12N2O3. The normalized spacial score (nSPS) is 9.53. The Balaban J connectivity index is 3.16. The van der Waals surface area contributed by atoms with Crippen LogP contribution in [0.3, 0.4) is 0 Å². The van der Waals surface area contributed by atoms with Crippen molar-refractivity contribution in [2.45, 2.75) is 6.92 Å². The van der Waals surface area contributed by atoms with E-state index in [1.165, 1.54) is 14.2 Å². The molecule has 5 nitrogen and oxygen atoms in total. The van der Waals surface area contributed by atoms with Gasteiger partial charge in [-0.25, -0.2) is 9.78 Å². The van der Waals surface area contributed by atoms with Gasteiger partial charge in [0.05, 0.1) is 7.11 Å². The number of pyridine rings is 1. The summed E-state index contributed by atoms with van der Waals surface area (Å²) in [6.07, 6.45) is 0. The molecule has 0 radical (unpaired) electrons. The number of aromatic nitrogens is 1. The summed E-state index contributed by atoms with van der Waals surface area (Å²) in [7, 11) is 2.77. The summed E-state index contributed by atoms with van der Waals surface area (Å²) in [5.41, 5.74) is 1.12. The highest BCUT2D eigenvalue weighted by Gasteiger charge is 2.12. The fourth-order valence-electron chi connectivity index (χ4n) is 1.12. The van der Waals surface area contributed by atoms with Gasteiger partial charge in [-0.3, -0.25) is 4.79 Å². The zero-order chi connectivity index (χ0) is 11.4. The number of nitrogens with zero attached hydrogens (tertiary/aromatic N) is 1. The maximum absolute atomic E-state index is 11.3. The lowest BCUT2D eigenvalue weighted by Gasteiger charge is -2.04. The molecular weight excluding hydrogens is 196 g/mol. The van der Waals surface area contributed by atoms with Crippen LogP contribution >= 0.6 is 0 Å². The highest BCUT2D eigenvalue weighted by molar-refractivity contribution is 5.94. The lowest BCUT2D eigenvalue weighted by Crippen LogP contribution is -2.20. The van der Waals surface area contributed by atoms with E-state index in [9.17, 15) is 9.59 Å². The van der Waals surface area contributed by atoms with E-state index in [-0.39, 0.29) is 17.3 Å². The molecule has 0 spiro atoms. The molecule has 0 aliphatic rings. The number of aryl methyl sites for hydroxylation is 1. The maximum Gasteiger partial charge on any atom is 0.356 e. The molecule has 0 aliphatic heterocycles. The monoisotopic (exact) mass is 208 g/mol. The largest absolute Gasteiger partial charge is 0.464 e. The van der Waals surface area contributed by atoms with Crippen molar-refractivity contribution in [3.63, 3.8) is 0 Å². The molecule has 15 heavy (non-hydrogen) atoms. The highest BCUT2D eigenvalue weighted by atomic mass is 16.5. The van der Waals surface area contributed by atoms with Crippen LogP contribution < -0.4 is 5.32 Å². The average molecular weight is 208 g/mol. The molecule has 0 unspecified atom stereocenters. The van der Waals surface area contributed by atoms with Gasteiger partial charge in [0.25, 0.3) is 5.91 Å². The van der Waals surface area contributed by atoms with E-state index in [0.29, 0.717) is 0 Å². The Labute approximate surface area is 87.5 Å². The van der Waals surface area contributed by atoms with E-state index in [1.807, 2.05) is 0 Å². The number of nitrogens with one attached hydrogen (secondary N) is 1. The van der Waals surface area contributed by atoms with E-state index >= 15 is 0 Å². The Morgan fingerprint density at radius 3 is 2.47 bits per heavy atom. The summed E-state index contributed by atoms with van der Waals surface area (Å²) in [4.78, 5) is 26.4. The lowest BCUT2D eigenvalue weighted by molar-refractivity contribution is 0.0594. The molecule has 0 bridgehead atoms. The highest BCUT2D eigenvalue weighted by Crippen LogP contribution is 2.06. The molecule has 5 heteroatoms. The van der Waals surface area contributed by atoms with Crippen LogP contribution in [0.5, 0.6) is 0 Å². The minimum Gasteiger partial charge on any atom is -0.464 e. The van der Waals surface area contributed by atoms with Crippen LogP contribution in [0.1, 0.15) is 26.5 Å². The van der Waals surface area contributed by atoms with E-state index in [1.54, 1.807) is 19.1 Å². The molecule has 1 N–H and O–H groups in total. The fourth-order valence-corrected chi connectivity index (χ4v) is 1.12. The number of hydrogen-bond donors (Lipinski definition) is 1. The van der Waals surface area contributed by atoms with Crippen LogP contribution in [-0.4, -0.2) is 31.0 Å². The SMILES string of the molecule is CNC(=O)c1cc(C)cc(C(=O)OC)n1. The van der Waals surface area contributed by atoms with Gasteiger partial charge in [0.1, 0.15) is 11.4 Å². The first-order chi connectivity index (χ1) is 7.08. The first-order valence-electron chi connectivity index (χ1n) is 4.37. The molecule has 0 atom stereocenters. The van der Waals surface area contributed by atoms with Crippen LogP contribution in [-0.2, 0) is 4.74 Å². The Morgan fingerprint density at radius 1 is 1.33 bits per heavy atom. The minimum atomic E-state index is -0.552. The van der Waals surface area contributed by atoms with Crippen molar-refractivity contribution in [2.75, 3.05) is 14.2 Å². The molecule has 0 aromatic carbocycles. The van der Waals surface area contributed by atoms with Crippen LogP contribution in [0.4, 0.5) is 0 Å². The smallest absolute Gasteiger partial charge is 0.356 e. The Hall–Kier alpha value is -1.91. The van der Waals surface area contributed by atoms with Crippen molar-refractivity contribution in [3.8, 4) is 0 Å². The third-order valence-electron chi connectivity index (χ3n) is 1.82. The van der Waals surface area contributed by atoms with Gasteiger partial charge in [0.2, 0.25) is 0 Å². The predicted octanol–water partition coefficient (Wildman–Crippen LogP) is 0.536. The average Bonchev–Trinajstić information content (AvgIpc) is 2.26. The third kappa shape index (κ3) is 2.52. The molecule has 80 valence electrons. The molecule has 0 saturated carbocycles. The van der Waals surface area contributed by atoms with Gasteiger partial charge >= 0.3 is 5.97 Å². The summed E-state index contributed by atoms with van der Waals surface area (Å²) in [5.74, 6) is -0.882. The Bertz CT molecular complexity index is 367. The summed E-state index contributed by atoms with van der Waals surface area (Å²) in [6.45, 7) is 1.78. The molecule has 1 aromatic heterocycles. The number of esters is 1. The number of carbonyl (C=O) groups excluding carboxylic acids is 2. The van der Waals surface area contributed by atoms with Crippen LogP contribution in [0.15, 0.2) is 12.1 Å². The first kappa shape index (κ1) is 11.2. The standard InChI is InChI=1S/C10H12N2O3/c1-6-4-7(9(13)11-2)12-8(5-6)10(14)15-3/h4-5H,1-3H3,(H,11,13). The second-order valence-corrected chi connectivity index (χ2v) is 2.99. The quantitative estimate of drug-likeness (QED) is 0.720. The second kappa shape index (κ2) is 4.54. The number of rotatable bonds is 2. The number of ether oxygens (including phenoxy) is 1. The number of methoxy groups -OCH3 is 1. The van der Waals surface area contributed by atoms with E-state index in [4.69, 9.17) is 0 Å². The van der Waals surface area contributed by atoms with Gasteiger partial charge < -0.3 is 10.1 Å². The van der Waals surface area contributed by atoms with Crippen LogP contribution in [0.25, 0.3) is 0 Å². The number of carbonyl (C=O) groups is 2. The minimum absolute atomic E-state index is 0.135. The molecule has 0 aliphatic carbocycles. The molecule has 0 fully saturated rings. The molecule has 0 saturated heterocycles. The fraction of sp³-hybridized carbons (Fsp3) is 0.300. The van der Waals surface area contributed by atoms with E-state index < -0.39 is 5.97 Å². The number of hydrogen-bond acceptors (Lipinski definition) is 4. The van der Waals surface area contributed by atoms with Gasteiger partial charge in [-0.05, 0) is 24.6 Å². The molecule has 1 heterocycles. The summed E-state index contributed by atoms with van der Waals surface area (Å²) in [6, 6.07) is 3.17. The summed E-state index contributed by atoms with van der Waals surface area (Å²) in [5, 5.41) is 2.44. The number of amides is 1. The third-order valence-corrected chi connectivity index (χ3v) is 1.82. The van der Waals surface area contributed by atoms with E-state index in [2.05, 4.69) is 15.0 Å². The van der Waals surface area contributed by atoms with E-state index in [0.717, 1.165) is 5.56 Å². The maximum atomic E-state index is 11.3. The van der Waals surface area contributed by atoms with Crippen LogP contribution in [0, 0.1) is 6.92 Å². The second-order valence-electron chi connectivity index (χ2n) is 2.99. The first-order valence-corrected chi connectivity index (χ1v) is 4.37. The van der Waals surface area contributed by atoms with Gasteiger partial charge in [0, 0.05) is 7.05 Å². The van der Waals surface area contributed by atoms with Crippen molar-refractivity contribution in [1.82, 2.24) is 10.3 Å². The van der Waals surface area contributed by atoms with Gasteiger partial charge in [0.15, 0.2) is 0 Å². The Morgan fingerprint density at radius 2 is 1.93 bits per heavy atom. The zero-order valence-electron chi connectivity index (χ0n) is 8.83. The summed E-state index contributed by atoms with van der Waals surface area (Å²) >= 11 is 0. The molecule has 1 rings (SSSR count). The van der Waals surface area contributed by atoms with Crippen molar-refractivity contribution < 1.29 is 14.3 Å².